The topological polar surface area (TPSA) is 112 Å². The van der Waals surface area contributed by atoms with Crippen LogP contribution in [0.4, 0.5) is 0 Å². The molecule has 0 aromatic heterocycles. The fraction of sp³-hybridized carbons (Fsp3) is 0.667. The second kappa shape index (κ2) is 5.69. The number of ketones is 3. The maximum atomic E-state index is 12.9. The number of hydrogen-bond acceptors (Lipinski definition) is 6. The first-order chi connectivity index (χ1) is 12.6. The second-order valence-electron chi connectivity index (χ2n) is 9.17. The van der Waals surface area contributed by atoms with E-state index in [4.69, 9.17) is 0 Å². The average Bonchev–Trinajstić information content (AvgIpc) is 2.87. The van der Waals surface area contributed by atoms with Crippen molar-refractivity contribution in [3.63, 3.8) is 0 Å². The molecule has 4 aliphatic carbocycles. The summed E-state index contributed by atoms with van der Waals surface area (Å²) in [6.07, 6.45) is 4.98. The third-order valence-electron chi connectivity index (χ3n) is 8.09. The Morgan fingerprint density at radius 2 is 2.00 bits per heavy atom. The molecule has 7 atom stereocenters. The Balaban J connectivity index is 1.79. The predicted molar refractivity (Wildman–Crippen MR) is 95.4 cm³/mol. The first-order valence-electron chi connectivity index (χ1n) is 9.61. The van der Waals surface area contributed by atoms with Gasteiger partial charge in [0.25, 0.3) is 0 Å². The maximum Gasteiger partial charge on any atom is 0.190 e. The lowest BCUT2D eigenvalue weighted by molar-refractivity contribution is -0.179. The molecule has 4 rings (SSSR count). The smallest absolute Gasteiger partial charge is 0.190 e. The molecule has 0 spiro atoms. The van der Waals surface area contributed by atoms with E-state index in [0.29, 0.717) is 12.0 Å². The van der Waals surface area contributed by atoms with Gasteiger partial charge >= 0.3 is 0 Å². The van der Waals surface area contributed by atoms with Crippen LogP contribution in [0.15, 0.2) is 23.8 Å². The van der Waals surface area contributed by atoms with E-state index in [9.17, 15) is 29.7 Å². The van der Waals surface area contributed by atoms with E-state index in [1.54, 1.807) is 13.0 Å². The zero-order chi connectivity index (χ0) is 19.8. The number of aliphatic hydroxyl groups is 3. The van der Waals surface area contributed by atoms with Crippen LogP contribution in [0.1, 0.15) is 39.5 Å². The molecule has 0 aliphatic heterocycles. The molecule has 6 nitrogen and oxygen atoms in total. The van der Waals surface area contributed by atoms with Crippen LogP contribution in [0.3, 0.4) is 0 Å². The van der Waals surface area contributed by atoms with Crippen molar-refractivity contribution >= 4 is 17.3 Å². The summed E-state index contributed by atoms with van der Waals surface area (Å²) >= 11 is 0. The van der Waals surface area contributed by atoms with Crippen LogP contribution in [-0.4, -0.2) is 51.0 Å². The Labute approximate surface area is 158 Å². The van der Waals surface area contributed by atoms with Gasteiger partial charge < -0.3 is 15.3 Å². The number of rotatable bonds is 2. The molecule has 0 radical (unpaired) electrons. The van der Waals surface area contributed by atoms with Crippen molar-refractivity contribution in [2.75, 3.05) is 6.61 Å². The van der Waals surface area contributed by atoms with Crippen LogP contribution in [0.25, 0.3) is 0 Å². The minimum Gasteiger partial charge on any atom is -0.393 e. The number of carbonyl (C=O) groups excluding carboxylic acids is 3. The highest BCUT2D eigenvalue weighted by molar-refractivity contribution is 6.10. The van der Waals surface area contributed by atoms with E-state index in [2.05, 4.69) is 0 Å². The average molecular weight is 374 g/mol. The van der Waals surface area contributed by atoms with E-state index in [-0.39, 0.29) is 48.6 Å². The van der Waals surface area contributed by atoms with Gasteiger partial charge in [0.15, 0.2) is 17.3 Å². The number of allylic oxidation sites excluding steroid dienone is 4. The lowest BCUT2D eigenvalue weighted by atomic mass is 9.46. The Hall–Kier alpha value is -1.63. The van der Waals surface area contributed by atoms with Gasteiger partial charge in [-0.3, -0.25) is 14.4 Å². The highest BCUT2D eigenvalue weighted by Gasteiger charge is 2.68. The van der Waals surface area contributed by atoms with Crippen molar-refractivity contribution in [1.82, 2.24) is 0 Å². The Morgan fingerprint density at radius 1 is 1.30 bits per heavy atom. The van der Waals surface area contributed by atoms with Crippen LogP contribution < -0.4 is 0 Å². The molecule has 1 unspecified atom stereocenters. The van der Waals surface area contributed by atoms with Crippen LogP contribution in [0, 0.1) is 28.6 Å². The lowest BCUT2D eigenvalue weighted by Crippen LogP contribution is -2.62. The number of aliphatic hydroxyl groups excluding tert-OH is 2. The van der Waals surface area contributed by atoms with Crippen LogP contribution >= 0.6 is 0 Å². The number of hydrogen-bond donors (Lipinski definition) is 3. The third kappa shape index (κ3) is 2.20. The molecule has 4 aliphatic rings. The van der Waals surface area contributed by atoms with Crippen molar-refractivity contribution in [3.05, 3.63) is 23.8 Å². The summed E-state index contributed by atoms with van der Waals surface area (Å²) in [5.41, 5.74) is -2.84. The predicted octanol–water partition coefficient (Wildman–Crippen LogP) is 0.737. The molecule has 0 aromatic carbocycles. The van der Waals surface area contributed by atoms with Gasteiger partial charge in [-0.05, 0) is 43.3 Å². The Kier molecular flexibility index (Phi) is 3.94. The molecule has 146 valence electrons. The molecule has 0 amide bonds. The SMILES string of the molecule is C[C@]12C=CC(=O)C=C1C(=O)C[C@@H]1[C@@H]2C(O)C[C@@]2(C)[C@H]1CC[C@]2(O)C(=O)CO. The number of fused-ring (bicyclic) bond motifs is 5. The largest absolute Gasteiger partial charge is 0.393 e. The highest BCUT2D eigenvalue weighted by atomic mass is 16.3. The molecule has 3 saturated carbocycles. The van der Waals surface area contributed by atoms with Gasteiger partial charge in [0.1, 0.15) is 12.2 Å². The first-order valence-corrected chi connectivity index (χ1v) is 9.61. The van der Waals surface area contributed by atoms with Crippen molar-refractivity contribution in [1.29, 1.82) is 0 Å². The second-order valence-corrected chi connectivity index (χ2v) is 9.17. The van der Waals surface area contributed by atoms with Crippen LogP contribution in [0.5, 0.6) is 0 Å². The van der Waals surface area contributed by atoms with E-state index >= 15 is 0 Å². The maximum absolute atomic E-state index is 12.9. The zero-order valence-corrected chi connectivity index (χ0v) is 15.6. The van der Waals surface area contributed by atoms with Gasteiger partial charge in [0.2, 0.25) is 0 Å². The zero-order valence-electron chi connectivity index (χ0n) is 15.6. The quantitative estimate of drug-likeness (QED) is 0.657. The molecule has 27 heavy (non-hydrogen) atoms. The van der Waals surface area contributed by atoms with E-state index in [1.165, 1.54) is 12.2 Å². The van der Waals surface area contributed by atoms with Crippen molar-refractivity contribution in [2.24, 2.45) is 28.6 Å². The third-order valence-corrected chi connectivity index (χ3v) is 8.09. The van der Waals surface area contributed by atoms with Gasteiger partial charge in [-0.1, -0.05) is 19.9 Å². The molecule has 3 N–H and O–H groups in total. The van der Waals surface area contributed by atoms with Gasteiger partial charge in [0, 0.05) is 28.7 Å². The Morgan fingerprint density at radius 3 is 2.67 bits per heavy atom. The number of Topliss-reactive ketones (excluding diaryl/α,β-unsaturated/α-hetero) is 2. The summed E-state index contributed by atoms with van der Waals surface area (Å²) in [4.78, 5) is 37.0. The van der Waals surface area contributed by atoms with E-state index in [1.807, 2.05) is 6.92 Å². The molecule has 0 bridgehead atoms. The van der Waals surface area contributed by atoms with Gasteiger partial charge in [0.05, 0.1) is 6.10 Å². The Bertz CT molecular complexity index is 796. The minimum absolute atomic E-state index is 0.100. The van der Waals surface area contributed by atoms with Gasteiger partial charge in [-0.25, -0.2) is 0 Å². The fourth-order valence-corrected chi connectivity index (χ4v) is 6.77. The lowest BCUT2D eigenvalue weighted by Gasteiger charge is -2.59. The summed E-state index contributed by atoms with van der Waals surface area (Å²) in [6, 6.07) is 0. The van der Waals surface area contributed by atoms with Crippen molar-refractivity contribution < 1.29 is 29.7 Å². The minimum atomic E-state index is -1.68. The first kappa shape index (κ1) is 18.7. The fourth-order valence-electron chi connectivity index (χ4n) is 6.77. The van der Waals surface area contributed by atoms with Crippen LogP contribution in [0.2, 0.25) is 0 Å². The number of carbonyl (C=O) groups is 3. The summed E-state index contributed by atoms with van der Waals surface area (Å²) in [5.74, 6) is -1.48. The molecule has 3 fully saturated rings. The van der Waals surface area contributed by atoms with Gasteiger partial charge in [-0.15, -0.1) is 0 Å². The van der Waals surface area contributed by atoms with Crippen LogP contribution in [-0.2, 0) is 14.4 Å². The summed E-state index contributed by atoms with van der Waals surface area (Å²) < 4.78 is 0. The summed E-state index contributed by atoms with van der Waals surface area (Å²) in [5, 5.41) is 31.6. The van der Waals surface area contributed by atoms with Crippen molar-refractivity contribution in [3.8, 4) is 0 Å². The normalized spacial score (nSPS) is 48.6. The molecule has 0 saturated heterocycles. The molecular weight excluding hydrogens is 348 g/mol. The monoisotopic (exact) mass is 374 g/mol. The molecule has 6 heteroatoms. The van der Waals surface area contributed by atoms with Crippen molar-refractivity contribution in [2.45, 2.75) is 51.2 Å². The summed E-state index contributed by atoms with van der Waals surface area (Å²) in [7, 11) is 0. The summed E-state index contributed by atoms with van der Waals surface area (Å²) in [6.45, 7) is 2.95. The van der Waals surface area contributed by atoms with Gasteiger partial charge in [-0.2, -0.15) is 0 Å². The molecular formula is C21H26O6. The van der Waals surface area contributed by atoms with E-state index < -0.39 is 34.9 Å². The molecule has 0 heterocycles. The molecule has 0 aromatic rings. The van der Waals surface area contributed by atoms with E-state index in [0.717, 1.165) is 0 Å². The highest BCUT2D eigenvalue weighted by Crippen LogP contribution is 2.66. The standard InChI is InChI=1S/C21H26O6/c1-19-5-3-11(23)7-14(19)15(24)8-12-13-4-6-21(27,17(26)10-22)20(13,2)9-16(25)18(12)19/h3,5,7,12-13,16,18,22,25,27H,4,6,8-10H2,1-2H3/t12-,13-,16?,18+,19-,20-,21-/m0/s1.